The lowest BCUT2D eigenvalue weighted by Crippen LogP contribution is -2.44. The fourth-order valence-corrected chi connectivity index (χ4v) is 5.68. The van der Waals surface area contributed by atoms with Gasteiger partial charge in [0.2, 0.25) is 0 Å². The van der Waals surface area contributed by atoms with Crippen LogP contribution in [0.4, 0.5) is 5.82 Å². The minimum atomic E-state index is -0.0932. The van der Waals surface area contributed by atoms with Gasteiger partial charge in [0.15, 0.2) is 0 Å². The molecule has 2 aliphatic heterocycles. The molecule has 2 saturated heterocycles. The van der Waals surface area contributed by atoms with Crippen LogP contribution >= 0.6 is 11.6 Å². The zero-order valence-electron chi connectivity index (χ0n) is 21.9. The quantitative estimate of drug-likeness (QED) is 0.415. The number of piperidine rings is 2. The fourth-order valence-electron chi connectivity index (χ4n) is 5.36. The van der Waals surface area contributed by atoms with Crippen molar-refractivity contribution in [2.45, 2.75) is 52.1 Å². The first-order valence-electron chi connectivity index (χ1n) is 13.5. The molecule has 6 heteroatoms. The number of carbonyl (C=O) groups excluding carboxylic acids is 1. The number of aryl methyl sites for hydroxylation is 1. The Hall–Kier alpha value is -2.89. The summed E-state index contributed by atoms with van der Waals surface area (Å²) >= 11 is 6.70. The summed E-state index contributed by atoms with van der Waals surface area (Å²) in [5.41, 5.74) is 4.89. The van der Waals surface area contributed by atoms with Gasteiger partial charge in [-0.05, 0) is 61.8 Å². The average Bonchev–Trinajstić information content (AvgIpc) is 2.91. The van der Waals surface area contributed by atoms with E-state index in [9.17, 15) is 4.79 Å². The first-order chi connectivity index (χ1) is 18.0. The Bertz CT molecular complexity index is 1190. The first kappa shape index (κ1) is 25.7. The molecule has 0 spiro atoms. The number of hydrogen-bond acceptors (Lipinski definition) is 4. The van der Waals surface area contributed by atoms with Gasteiger partial charge in [0, 0.05) is 50.5 Å². The van der Waals surface area contributed by atoms with Crippen LogP contribution in [0.25, 0.3) is 11.1 Å². The lowest BCUT2D eigenvalue weighted by molar-refractivity contribution is 0.0909. The Labute approximate surface area is 225 Å². The van der Waals surface area contributed by atoms with Gasteiger partial charge in [-0.1, -0.05) is 66.6 Å². The Kier molecular flexibility index (Phi) is 8.11. The second-order valence-electron chi connectivity index (χ2n) is 10.8. The molecule has 0 unspecified atom stereocenters. The number of amides is 1. The van der Waals surface area contributed by atoms with E-state index in [2.05, 4.69) is 53.2 Å². The molecule has 0 bridgehead atoms. The third kappa shape index (κ3) is 6.34. The van der Waals surface area contributed by atoms with Gasteiger partial charge in [0.25, 0.3) is 5.91 Å². The molecule has 0 saturated carbocycles. The number of halogens is 1. The molecule has 0 atom stereocenters. The van der Waals surface area contributed by atoms with Crippen LogP contribution in [0.5, 0.6) is 0 Å². The predicted molar refractivity (Wildman–Crippen MR) is 152 cm³/mol. The second kappa shape index (κ2) is 11.7. The molecule has 0 radical (unpaired) electrons. The molecule has 2 aliphatic rings. The van der Waals surface area contributed by atoms with Crippen molar-refractivity contribution in [3.8, 4) is 11.1 Å². The molecule has 194 valence electrons. The van der Waals surface area contributed by atoms with Crippen LogP contribution in [0.15, 0.2) is 60.8 Å². The Morgan fingerprint density at radius 3 is 2.38 bits per heavy atom. The molecule has 3 aromatic rings. The number of benzene rings is 2. The number of anilines is 1. The molecule has 5 rings (SSSR count). The normalized spacial score (nSPS) is 17.6. The minimum Gasteiger partial charge on any atom is -0.357 e. The van der Waals surface area contributed by atoms with Crippen molar-refractivity contribution in [3.63, 3.8) is 0 Å². The van der Waals surface area contributed by atoms with E-state index in [1.54, 1.807) is 0 Å². The summed E-state index contributed by atoms with van der Waals surface area (Å²) < 4.78 is 0. The van der Waals surface area contributed by atoms with Crippen molar-refractivity contribution in [2.75, 3.05) is 31.1 Å². The van der Waals surface area contributed by atoms with Crippen molar-refractivity contribution in [1.82, 2.24) is 15.2 Å². The van der Waals surface area contributed by atoms with Crippen LogP contribution < -0.4 is 10.2 Å². The smallest absolute Gasteiger partial charge is 0.253 e. The number of aromatic nitrogens is 1. The maximum Gasteiger partial charge on any atom is 0.253 e. The van der Waals surface area contributed by atoms with E-state index < -0.39 is 0 Å². The molecule has 3 heterocycles. The van der Waals surface area contributed by atoms with Crippen molar-refractivity contribution in [1.29, 1.82) is 0 Å². The highest BCUT2D eigenvalue weighted by molar-refractivity contribution is 6.36. The summed E-state index contributed by atoms with van der Waals surface area (Å²) in [5, 5.41) is 3.74. The van der Waals surface area contributed by atoms with Crippen molar-refractivity contribution in [3.05, 3.63) is 82.5 Å². The summed E-state index contributed by atoms with van der Waals surface area (Å²) in [6.45, 7) is 9.41. The van der Waals surface area contributed by atoms with E-state index in [1.165, 1.54) is 24.0 Å². The number of pyridine rings is 1. The SMILES string of the molecule is Cc1ccc(-c2cccc(C(=O)NC3CCN(Cc4ccc(N5CCC(C)CC5)nc4)CC3)c2Cl)cc1. The second-order valence-corrected chi connectivity index (χ2v) is 11.1. The van der Waals surface area contributed by atoms with Crippen molar-refractivity contribution in [2.24, 2.45) is 5.92 Å². The molecule has 37 heavy (non-hydrogen) atoms. The van der Waals surface area contributed by atoms with Gasteiger partial charge in [-0.3, -0.25) is 9.69 Å². The standard InChI is InChI=1S/C31H37ClN4O/c1-22-6-9-25(10-7-22)27-4-3-5-28(30(27)32)31(37)34-26-14-16-35(17-15-26)21-24-8-11-29(33-20-24)36-18-12-23(2)13-19-36/h3-11,20,23,26H,12-19,21H2,1-2H3,(H,34,37). The zero-order valence-corrected chi connectivity index (χ0v) is 22.7. The highest BCUT2D eigenvalue weighted by Crippen LogP contribution is 2.31. The molecule has 2 fully saturated rings. The van der Waals surface area contributed by atoms with E-state index in [-0.39, 0.29) is 11.9 Å². The number of likely N-dealkylation sites (tertiary alicyclic amines) is 1. The summed E-state index contributed by atoms with van der Waals surface area (Å²) in [4.78, 5) is 22.7. The average molecular weight is 517 g/mol. The van der Waals surface area contributed by atoms with E-state index in [1.807, 2.05) is 36.5 Å². The number of nitrogens with zero attached hydrogens (tertiary/aromatic N) is 3. The van der Waals surface area contributed by atoms with E-state index >= 15 is 0 Å². The third-order valence-electron chi connectivity index (χ3n) is 7.85. The number of hydrogen-bond donors (Lipinski definition) is 1. The van der Waals surface area contributed by atoms with Crippen LogP contribution in [-0.2, 0) is 6.54 Å². The molecule has 1 aromatic heterocycles. The van der Waals surface area contributed by atoms with Gasteiger partial charge in [0.05, 0.1) is 10.6 Å². The van der Waals surface area contributed by atoms with Crippen molar-refractivity contribution >= 4 is 23.3 Å². The van der Waals surface area contributed by atoms with Crippen LogP contribution in [0.1, 0.15) is 54.1 Å². The van der Waals surface area contributed by atoms with Gasteiger partial charge in [-0.25, -0.2) is 4.98 Å². The van der Waals surface area contributed by atoms with Crippen LogP contribution in [-0.4, -0.2) is 48.0 Å². The third-order valence-corrected chi connectivity index (χ3v) is 8.26. The summed E-state index contributed by atoms with van der Waals surface area (Å²) in [7, 11) is 0. The highest BCUT2D eigenvalue weighted by Gasteiger charge is 2.23. The molecule has 1 N–H and O–H groups in total. The molecule has 2 aromatic carbocycles. The Balaban J connectivity index is 1.13. The zero-order chi connectivity index (χ0) is 25.8. The monoisotopic (exact) mass is 516 g/mol. The van der Waals surface area contributed by atoms with E-state index in [0.29, 0.717) is 10.6 Å². The lowest BCUT2D eigenvalue weighted by Gasteiger charge is -2.33. The molecular formula is C31H37ClN4O. The van der Waals surface area contributed by atoms with Crippen LogP contribution in [0, 0.1) is 12.8 Å². The number of carbonyl (C=O) groups is 1. The Morgan fingerprint density at radius 1 is 0.973 bits per heavy atom. The maximum atomic E-state index is 13.1. The maximum absolute atomic E-state index is 13.1. The number of nitrogens with one attached hydrogen (secondary N) is 1. The molecular weight excluding hydrogens is 480 g/mol. The Morgan fingerprint density at radius 2 is 1.70 bits per heavy atom. The van der Waals surface area contributed by atoms with Crippen LogP contribution in [0.3, 0.4) is 0 Å². The molecule has 0 aliphatic carbocycles. The minimum absolute atomic E-state index is 0.0932. The van der Waals surface area contributed by atoms with Crippen molar-refractivity contribution < 1.29 is 4.79 Å². The van der Waals surface area contributed by atoms with Gasteiger partial charge < -0.3 is 10.2 Å². The summed E-state index contributed by atoms with van der Waals surface area (Å²) in [6, 6.07) is 18.5. The summed E-state index contributed by atoms with van der Waals surface area (Å²) in [6.07, 6.45) is 6.39. The van der Waals surface area contributed by atoms with Crippen LogP contribution in [0.2, 0.25) is 5.02 Å². The van der Waals surface area contributed by atoms with Gasteiger partial charge >= 0.3 is 0 Å². The lowest BCUT2D eigenvalue weighted by atomic mass is 9.99. The number of rotatable bonds is 6. The largest absolute Gasteiger partial charge is 0.357 e. The van der Waals surface area contributed by atoms with Gasteiger partial charge in [0.1, 0.15) is 5.82 Å². The van der Waals surface area contributed by atoms with E-state index in [4.69, 9.17) is 16.6 Å². The highest BCUT2D eigenvalue weighted by atomic mass is 35.5. The topological polar surface area (TPSA) is 48.5 Å². The first-order valence-corrected chi connectivity index (χ1v) is 13.9. The predicted octanol–water partition coefficient (Wildman–Crippen LogP) is 6.34. The van der Waals surface area contributed by atoms with Gasteiger partial charge in [-0.15, -0.1) is 0 Å². The fraction of sp³-hybridized carbons (Fsp3) is 0.419. The van der Waals surface area contributed by atoms with Gasteiger partial charge in [-0.2, -0.15) is 0 Å². The molecule has 1 amide bonds. The van der Waals surface area contributed by atoms with E-state index in [0.717, 1.165) is 68.4 Å². The molecule has 5 nitrogen and oxygen atoms in total. The summed E-state index contributed by atoms with van der Waals surface area (Å²) in [5.74, 6) is 1.83.